The number of carbonyl (C=O) groups is 4. The number of fused-ring (bicyclic) bond motifs is 1. The number of carboxylic acid groups (broad SMARTS) is 1. The fourth-order valence-electron chi connectivity index (χ4n) is 4.39. The van der Waals surface area contributed by atoms with Gasteiger partial charge in [-0.1, -0.05) is 52.3 Å². The lowest BCUT2D eigenvalue weighted by Crippen LogP contribution is -2.59. The van der Waals surface area contributed by atoms with Crippen LogP contribution in [-0.4, -0.2) is 64.5 Å². The highest BCUT2D eigenvalue weighted by molar-refractivity contribution is 5.94. The van der Waals surface area contributed by atoms with E-state index >= 15 is 0 Å². The number of rotatable bonds is 16. The van der Waals surface area contributed by atoms with Gasteiger partial charge in [0.05, 0.1) is 6.04 Å². The van der Waals surface area contributed by atoms with E-state index in [0.717, 1.165) is 16.5 Å². The van der Waals surface area contributed by atoms with Gasteiger partial charge in [-0.3, -0.25) is 14.4 Å². The molecule has 11 heteroatoms. The molecule has 1 aromatic carbocycles. The molecule has 5 atom stereocenters. The van der Waals surface area contributed by atoms with Crippen LogP contribution in [0.5, 0.6) is 0 Å². The van der Waals surface area contributed by atoms with Crippen LogP contribution in [0.3, 0.4) is 0 Å². The van der Waals surface area contributed by atoms with E-state index in [9.17, 15) is 24.3 Å². The van der Waals surface area contributed by atoms with Crippen LogP contribution in [0, 0.1) is 11.8 Å². The molecule has 9 N–H and O–H groups in total. The van der Waals surface area contributed by atoms with Crippen LogP contribution in [-0.2, 0) is 25.6 Å². The van der Waals surface area contributed by atoms with Crippen molar-refractivity contribution in [2.75, 3.05) is 6.54 Å². The Labute approximate surface area is 229 Å². The number of para-hydroxylation sites is 1. The average molecular weight is 545 g/mol. The second-order valence-corrected chi connectivity index (χ2v) is 10.5. The third-order valence-electron chi connectivity index (χ3n) is 7.06. The Balaban J connectivity index is 2.13. The Morgan fingerprint density at radius 1 is 0.949 bits per heavy atom. The normalized spacial score (nSPS) is 15.3. The monoisotopic (exact) mass is 544 g/mol. The molecule has 0 spiro atoms. The minimum atomic E-state index is -1.14. The van der Waals surface area contributed by atoms with E-state index in [1.165, 1.54) is 0 Å². The number of amides is 3. The molecule has 0 bridgehead atoms. The van der Waals surface area contributed by atoms with Crippen molar-refractivity contribution in [3.05, 3.63) is 36.0 Å². The number of aliphatic carboxylic acids is 1. The van der Waals surface area contributed by atoms with Gasteiger partial charge in [0.15, 0.2) is 0 Å². The third-order valence-corrected chi connectivity index (χ3v) is 7.06. The summed E-state index contributed by atoms with van der Waals surface area (Å²) >= 11 is 0. The lowest BCUT2D eigenvalue weighted by Gasteiger charge is -2.28. The summed E-state index contributed by atoms with van der Waals surface area (Å²) in [6.45, 7) is 7.52. The van der Waals surface area contributed by atoms with Crippen LogP contribution in [0.15, 0.2) is 30.5 Å². The molecule has 2 rings (SSSR count). The van der Waals surface area contributed by atoms with Crippen molar-refractivity contribution in [2.24, 2.45) is 23.3 Å². The van der Waals surface area contributed by atoms with E-state index in [0.29, 0.717) is 32.2 Å². The molecule has 0 aliphatic heterocycles. The van der Waals surface area contributed by atoms with Gasteiger partial charge in [0, 0.05) is 17.1 Å². The first-order chi connectivity index (χ1) is 18.5. The summed E-state index contributed by atoms with van der Waals surface area (Å²) in [6.07, 6.45) is 4.20. The number of carbonyl (C=O) groups excluding carboxylic acids is 3. The van der Waals surface area contributed by atoms with E-state index in [2.05, 4.69) is 20.9 Å². The molecule has 11 nitrogen and oxygen atoms in total. The van der Waals surface area contributed by atoms with Gasteiger partial charge in [-0.15, -0.1) is 0 Å². The molecule has 1 aromatic heterocycles. The summed E-state index contributed by atoms with van der Waals surface area (Å²) in [6, 6.07) is 3.80. The van der Waals surface area contributed by atoms with E-state index in [1.54, 1.807) is 20.8 Å². The van der Waals surface area contributed by atoms with Crippen molar-refractivity contribution >= 4 is 34.6 Å². The molecule has 5 unspecified atom stereocenters. The number of aromatic amines is 1. The number of carboxylic acids is 1. The zero-order valence-electron chi connectivity index (χ0n) is 23.3. The fourth-order valence-corrected chi connectivity index (χ4v) is 4.39. The first-order valence-corrected chi connectivity index (χ1v) is 13.6. The highest BCUT2D eigenvalue weighted by Gasteiger charge is 2.33. The molecular formula is C28H44N6O5. The van der Waals surface area contributed by atoms with E-state index in [4.69, 9.17) is 11.5 Å². The molecule has 3 amide bonds. The van der Waals surface area contributed by atoms with Gasteiger partial charge in [0.1, 0.15) is 18.1 Å². The maximum absolute atomic E-state index is 13.3. The molecule has 0 aliphatic rings. The second-order valence-electron chi connectivity index (χ2n) is 10.5. The Morgan fingerprint density at radius 2 is 1.62 bits per heavy atom. The summed E-state index contributed by atoms with van der Waals surface area (Å²) in [5.41, 5.74) is 13.7. The largest absolute Gasteiger partial charge is 0.480 e. The molecule has 0 fully saturated rings. The predicted molar refractivity (Wildman–Crippen MR) is 151 cm³/mol. The van der Waals surface area contributed by atoms with Crippen LogP contribution in [0.25, 0.3) is 10.9 Å². The van der Waals surface area contributed by atoms with Crippen molar-refractivity contribution in [2.45, 2.75) is 84.0 Å². The Hall–Kier alpha value is -3.44. The molecule has 0 saturated carbocycles. The van der Waals surface area contributed by atoms with Gasteiger partial charge in [-0.25, -0.2) is 4.79 Å². The van der Waals surface area contributed by atoms with E-state index < -0.39 is 47.9 Å². The highest BCUT2D eigenvalue weighted by Crippen LogP contribution is 2.19. The highest BCUT2D eigenvalue weighted by atomic mass is 16.4. The molecule has 0 radical (unpaired) electrons. The minimum absolute atomic E-state index is 0.274. The number of aromatic nitrogens is 1. The third kappa shape index (κ3) is 9.07. The Morgan fingerprint density at radius 3 is 2.23 bits per heavy atom. The van der Waals surface area contributed by atoms with Gasteiger partial charge in [-0.05, 0) is 55.7 Å². The zero-order valence-corrected chi connectivity index (χ0v) is 23.3. The summed E-state index contributed by atoms with van der Waals surface area (Å²) in [5, 5.41) is 18.6. The molecule has 39 heavy (non-hydrogen) atoms. The van der Waals surface area contributed by atoms with Gasteiger partial charge < -0.3 is 37.5 Å². The number of nitrogens with one attached hydrogen (secondary N) is 4. The number of hydrogen-bond acceptors (Lipinski definition) is 6. The van der Waals surface area contributed by atoms with Crippen molar-refractivity contribution in [3.8, 4) is 0 Å². The first kappa shape index (κ1) is 31.8. The van der Waals surface area contributed by atoms with E-state index in [1.807, 2.05) is 37.4 Å². The smallest absolute Gasteiger partial charge is 0.326 e. The SMILES string of the molecule is CCC(C)C(NC(=O)C(NC(=O)C(CCCCN)NC(=O)C(N)Cc1c[nH]c2ccccc12)C(C)C)C(=O)O. The summed E-state index contributed by atoms with van der Waals surface area (Å²) in [4.78, 5) is 54.3. The van der Waals surface area contributed by atoms with Crippen molar-refractivity contribution in [3.63, 3.8) is 0 Å². The summed E-state index contributed by atoms with van der Waals surface area (Å²) in [5.74, 6) is -3.37. The van der Waals surface area contributed by atoms with Crippen LogP contribution in [0.2, 0.25) is 0 Å². The molecular weight excluding hydrogens is 500 g/mol. The van der Waals surface area contributed by atoms with E-state index in [-0.39, 0.29) is 18.3 Å². The van der Waals surface area contributed by atoms with Gasteiger partial charge in [0.25, 0.3) is 0 Å². The number of hydrogen-bond donors (Lipinski definition) is 7. The predicted octanol–water partition coefficient (Wildman–Crippen LogP) is 1.41. The quantitative estimate of drug-likeness (QED) is 0.155. The van der Waals surface area contributed by atoms with Crippen LogP contribution in [0.1, 0.15) is 58.9 Å². The number of nitrogens with two attached hydrogens (primary N) is 2. The maximum Gasteiger partial charge on any atom is 0.326 e. The molecule has 1 heterocycles. The lowest BCUT2D eigenvalue weighted by molar-refractivity contribution is -0.144. The van der Waals surface area contributed by atoms with Crippen molar-refractivity contribution in [1.29, 1.82) is 0 Å². The molecule has 0 aliphatic carbocycles. The van der Waals surface area contributed by atoms with Crippen LogP contribution < -0.4 is 27.4 Å². The Bertz CT molecular complexity index is 1120. The number of unbranched alkanes of at least 4 members (excludes halogenated alkanes) is 1. The summed E-state index contributed by atoms with van der Waals surface area (Å²) < 4.78 is 0. The van der Waals surface area contributed by atoms with Crippen molar-refractivity contribution in [1.82, 2.24) is 20.9 Å². The molecule has 2 aromatic rings. The van der Waals surface area contributed by atoms with Gasteiger partial charge >= 0.3 is 5.97 Å². The number of H-pyrrole nitrogens is 1. The van der Waals surface area contributed by atoms with Crippen molar-refractivity contribution < 1.29 is 24.3 Å². The summed E-state index contributed by atoms with van der Waals surface area (Å²) in [7, 11) is 0. The lowest BCUT2D eigenvalue weighted by atomic mass is 9.97. The molecule has 216 valence electrons. The van der Waals surface area contributed by atoms with Gasteiger partial charge in [0.2, 0.25) is 17.7 Å². The molecule has 0 saturated heterocycles. The van der Waals surface area contributed by atoms with Gasteiger partial charge in [-0.2, -0.15) is 0 Å². The first-order valence-electron chi connectivity index (χ1n) is 13.6. The minimum Gasteiger partial charge on any atom is -0.480 e. The standard InChI is InChI=1S/C28H44N6O5/c1-5-17(4)24(28(38)39)34-27(37)23(16(2)3)33-26(36)22(12-8-9-13-29)32-25(35)20(30)14-18-15-31-21-11-7-6-10-19(18)21/h6-7,10-11,15-17,20,22-24,31H,5,8-9,12-14,29-30H2,1-4H3,(H,32,35)(H,33,36)(H,34,37)(H,38,39). The zero-order chi connectivity index (χ0) is 29.1. The number of benzene rings is 1. The second kappa shape index (κ2) is 15.2. The fraction of sp³-hybridized carbons (Fsp3) is 0.571. The van der Waals surface area contributed by atoms with Crippen LogP contribution in [0.4, 0.5) is 0 Å². The maximum atomic E-state index is 13.3. The Kier molecular flexibility index (Phi) is 12.4. The van der Waals surface area contributed by atoms with Crippen LogP contribution >= 0.6 is 0 Å². The average Bonchev–Trinajstić information content (AvgIpc) is 3.31. The topological polar surface area (TPSA) is 192 Å².